The number of Topliss-reactive ketones (excluding diaryl/α,β-unsaturated/α-hetero) is 3. The zero-order valence-corrected chi connectivity index (χ0v) is 51.2. The fourth-order valence-electron chi connectivity index (χ4n) is 11.8. The summed E-state index contributed by atoms with van der Waals surface area (Å²) in [6, 6.07) is 5.46. The van der Waals surface area contributed by atoms with Crippen molar-refractivity contribution >= 4 is 51.4 Å². The number of alkyl carbamates (subject to hydrolysis) is 1. The van der Waals surface area contributed by atoms with Crippen molar-refractivity contribution in [2.45, 2.75) is 193 Å². The van der Waals surface area contributed by atoms with Crippen molar-refractivity contribution in [1.82, 2.24) is 10.2 Å². The van der Waals surface area contributed by atoms with E-state index in [0.717, 1.165) is 10.5 Å². The van der Waals surface area contributed by atoms with Crippen LogP contribution in [0.15, 0.2) is 77.9 Å². The Kier molecular flexibility index (Phi) is 26.7. The molecule has 10 unspecified atom stereocenters. The molecule has 3 heterocycles. The molecule has 84 heavy (non-hydrogen) atoms. The molecule has 2 amide bonds. The first-order valence-corrected chi connectivity index (χ1v) is 30.9. The summed E-state index contributed by atoms with van der Waals surface area (Å²) in [5.74, 6) is -11.5. The highest BCUT2D eigenvalue weighted by molar-refractivity contribution is 7.85. The highest BCUT2D eigenvalue weighted by Crippen LogP contribution is 2.38. The van der Waals surface area contributed by atoms with Crippen LogP contribution in [0, 0.1) is 35.5 Å². The summed E-state index contributed by atoms with van der Waals surface area (Å²) >= 11 is 0. The predicted octanol–water partition coefficient (Wildman–Crippen LogP) is 6.91. The normalized spacial score (nSPS) is 34.3. The molecule has 1 aromatic carbocycles. The number of fused-ring (bicyclic) bond motifs is 3. The summed E-state index contributed by atoms with van der Waals surface area (Å²) in [6.45, 7) is 12.1. The lowest BCUT2D eigenvalue weighted by atomic mass is 9.78. The van der Waals surface area contributed by atoms with E-state index >= 15 is 0 Å². The number of benzene rings is 1. The quantitative estimate of drug-likeness (QED) is 0.0512. The monoisotopic (exact) mass is 1200 g/mol. The van der Waals surface area contributed by atoms with Crippen molar-refractivity contribution in [3.63, 3.8) is 0 Å². The molecule has 3 aliphatic heterocycles. The second-order valence-corrected chi connectivity index (χ2v) is 25.0. The molecule has 1 aromatic rings. The number of rotatable bonds is 13. The second-order valence-electron chi connectivity index (χ2n) is 23.5. The molecule has 2 bridgehead atoms. The third-order valence-corrected chi connectivity index (χ3v) is 17.6. The standard InChI is InChI=1S/C62H90N2O19S/c1-37-19-13-11-14-20-38(2)51(77-8)33-46-26-24-43(7)62(73,83-46)57(68)58(69)64-28-18-17-23-48(64)60(71)81-52(34-49(65)39(3)30-42(6)55(67)56(79-10)54(66)41(5)29-37)40(4)31-45-25-27-50(53(32-45)78-9)82-61(72)63-47(36-84(74,75)76)59(70)80-35-44-21-15-12-16-22-44/h11-16,19-22,30,37,39-41,43,45-48,50-53,55-56,67,73H,17-18,23-29,31-36H2,1-10H3,(H,63,72)(H,74,75,76)/b14-11+,19-13+,38-20+,42-30+/t37?,39?,40?,41-,43-,45?,46?,47?,48+,50-,51?,52?,53?,55-,56?,62-/m1/s1. The second kappa shape index (κ2) is 32.3. The molecule has 4 aliphatic rings. The lowest BCUT2D eigenvalue weighted by molar-refractivity contribution is -0.265. The van der Waals surface area contributed by atoms with Crippen molar-refractivity contribution in [3.8, 4) is 0 Å². The van der Waals surface area contributed by atoms with Crippen LogP contribution < -0.4 is 5.32 Å². The van der Waals surface area contributed by atoms with Crippen molar-refractivity contribution in [1.29, 1.82) is 0 Å². The van der Waals surface area contributed by atoms with Gasteiger partial charge in [-0.05, 0) is 113 Å². The topological polar surface area (TPSA) is 294 Å². The van der Waals surface area contributed by atoms with Gasteiger partial charge < -0.3 is 53.6 Å². The van der Waals surface area contributed by atoms with Crippen molar-refractivity contribution in [2.24, 2.45) is 35.5 Å². The van der Waals surface area contributed by atoms with Gasteiger partial charge in [-0.15, -0.1) is 0 Å². The van der Waals surface area contributed by atoms with Gasteiger partial charge in [0.25, 0.3) is 21.8 Å². The summed E-state index contributed by atoms with van der Waals surface area (Å²) in [5.41, 5.74) is 1.75. The van der Waals surface area contributed by atoms with Crippen LogP contribution in [0.1, 0.15) is 131 Å². The summed E-state index contributed by atoms with van der Waals surface area (Å²) in [4.78, 5) is 99.2. The number of nitrogens with one attached hydrogen (secondary N) is 1. The molecular weight excluding hydrogens is 1110 g/mol. The van der Waals surface area contributed by atoms with Gasteiger partial charge in [-0.25, -0.2) is 14.4 Å². The molecule has 0 spiro atoms. The smallest absolute Gasteiger partial charge is 0.408 e. The maximum absolute atomic E-state index is 14.7. The van der Waals surface area contributed by atoms with Crippen LogP contribution in [0.3, 0.4) is 0 Å². The Morgan fingerprint density at radius 2 is 1.57 bits per heavy atom. The fraction of sp³-hybridized carbons (Fsp3) is 0.661. The van der Waals surface area contributed by atoms with Crippen LogP contribution in [0.4, 0.5) is 4.79 Å². The lowest BCUT2D eigenvalue weighted by Crippen LogP contribution is -2.61. The number of piperidine rings is 1. The van der Waals surface area contributed by atoms with E-state index in [0.29, 0.717) is 62.5 Å². The average Bonchev–Trinajstić information content (AvgIpc) is 2.65. The average molecular weight is 1200 g/mol. The summed E-state index contributed by atoms with van der Waals surface area (Å²) < 4.78 is 74.1. The minimum atomic E-state index is -4.78. The van der Waals surface area contributed by atoms with Crippen LogP contribution in [0.5, 0.6) is 0 Å². The third kappa shape index (κ3) is 19.8. The Bertz CT molecular complexity index is 2660. The van der Waals surface area contributed by atoms with E-state index in [9.17, 15) is 56.7 Å². The SMILES string of the molecule is COC1CC2CC[C@@H](C)[C@@](O)(O2)C(=O)C(=O)N2CCCC[C@H]2C(=O)OC(C(C)CC2CC[C@@H](OC(=O)NC(CS(=O)(=O)O)C(=O)OCc3ccccc3)C(OC)C2)CC(=O)C(C)/C=C(\C)[C@@H](O)C(OC)C(=O)[C@H](C)CC(C)/C=C/C=C/C=C/1C. The lowest BCUT2D eigenvalue weighted by Gasteiger charge is -2.42. The first-order chi connectivity index (χ1) is 39.7. The van der Waals surface area contributed by atoms with E-state index in [1.165, 1.54) is 14.2 Å². The Morgan fingerprint density at radius 3 is 2.24 bits per heavy atom. The largest absolute Gasteiger partial charge is 0.460 e. The number of ketones is 3. The van der Waals surface area contributed by atoms with Crippen LogP contribution in [0.2, 0.25) is 0 Å². The molecule has 5 rings (SSSR count). The number of hydrogen-bond acceptors (Lipinski definition) is 18. The molecule has 468 valence electrons. The van der Waals surface area contributed by atoms with Gasteiger partial charge in [0.15, 0.2) is 5.78 Å². The van der Waals surface area contributed by atoms with Gasteiger partial charge in [-0.1, -0.05) is 101 Å². The fourth-order valence-corrected chi connectivity index (χ4v) is 12.4. The Morgan fingerprint density at radius 1 is 0.857 bits per heavy atom. The van der Waals surface area contributed by atoms with E-state index in [1.54, 1.807) is 71.2 Å². The summed E-state index contributed by atoms with van der Waals surface area (Å²) in [5, 5.41) is 25.8. The molecule has 3 fully saturated rings. The van der Waals surface area contributed by atoms with Crippen molar-refractivity contribution < 1.29 is 89.9 Å². The maximum Gasteiger partial charge on any atom is 0.408 e. The number of hydrogen-bond donors (Lipinski definition) is 4. The van der Waals surface area contributed by atoms with Gasteiger partial charge in [0, 0.05) is 58.5 Å². The van der Waals surface area contributed by atoms with Crippen LogP contribution in [-0.4, -0.2) is 164 Å². The molecular formula is C62H90N2O19S. The van der Waals surface area contributed by atoms with E-state index in [1.807, 2.05) is 51.2 Å². The third-order valence-electron chi connectivity index (χ3n) is 16.9. The molecule has 22 heteroatoms. The number of aliphatic hydroxyl groups is 2. The number of carbonyl (C=O) groups is 7. The first kappa shape index (κ1) is 69.3. The Labute approximate surface area is 495 Å². The number of aliphatic hydroxyl groups excluding tert-OH is 1. The van der Waals surface area contributed by atoms with E-state index in [-0.39, 0.29) is 62.2 Å². The molecule has 4 N–H and O–H groups in total. The van der Waals surface area contributed by atoms with Gasteiger partial charge in [-0.2, -0.15) is 8.42 Å². The molecule has 0 aromatic heterocycles. The highest BCUT2D eigenvalue weighted by Gasteiger charge is 2.53. The molecule has 1 saturated carbocycles. The van der Waals surface area contributed by atoms with E-state index in [4.69, 9.17) is 33.2 Å². The number of allylic oxidation sites excluding steroid dienone is 6. The van der Waals surface area contributed by atoms with Crippen LogP contribution >= 0.6 is 0 Å². The minimum Gasteiger partial charge on any atom is -0.460 e. The number of esters is 2. The van der Waals surface area contributed by atoms with Crippen LogP contribution in [-0.2, 0) is 78.7 Å². The van der Waals surface area contributed by atoms with Gasteiger partial charge >= 0.3 is 18.0 Å². The van der Waals surface area contributed by atoms with Crippen LogP contribution in [0.25, 0.3) is 0 Å². The number of carbonyl (C=O) groups excluding carboxylic acids is 7. The number of amides is 2. The zero-order chi connectivity index (χ0) is 62.1. The molecule has 21 nitrogen and oxygen atoms in total. The van der Waals surface area contributed by atoms with Gasteiger partial charge in [-0.3, -0.25) is 23.7 Å². The maximum atomic E-state index is 14.7. The Balaban J connectivity index is 1.40. The zero-order valence-electron chi connectivity index (χ0n) is 50.3. The van der Waals surface area contributed by atoms with Gasteiger partial charge in [0.2, 0.25) is 5.79 Å². The first-order valence-electron chi connectivity index (χ1n) is 29.3. The minimum absolute atomic E-state index is 0.00317. The van der Waals surface area contributed by atoms with Gasteiger partial charge in [0.05, 0.1) is 18.3 Å². The van der Waals surface area contributed by atoms with Crippen molar-refractivity contribution in [3.05, 3.63) is 83.5 Å². The summed E-state index contributed by atoms with van der Waals surface area (Å²) in [6.07, 6.45) is 7.01. The summed E-state index contributed by atoms with van der Waals surface area (Å²) in [7, 11) is -0.468. The number of ether oxygens (including phenoxy) is 7. The Hall–Kier alpha value is -5.46. The number of nitrogens with zero attached hydrogens (tertiary/aromatic N) is 1. The molecule has 1 aliphatic carbocycles. The number of methoxy groups -OCH3 is 3. The van der Waals surface area contributed by atoms with E-state index in [2.05, 4.69) is 5.32 Å². The van der Waals surface area contributed by atoms with Gasteiger partial charge in [0.1, 0.15) is 54.6 Å². The molecule has 0 radical (unpaired) electrons. The number of cyclic esters (lactones) is 1. The van der Waals surface area contributed by atoms with E-state index < -0.39 is 130 Å². The predicted molar refractivity (Wildman–Crippen MR) is 309 cm³/mol. The molecule has 16 atom stereocenters. The van der Waals surface area contributed by atoms with Crippen molar-refractivity contribution in [2.75, 3.05) is 33.6 Å². The highest BCUT2D eigenvalue weighted by atomic mass is 32.2. The molecule has 2 saturated heterocycles.